The van der Waals surface area contributed by atoms with Crippen LogP contribution in [0.25, 0.3) is 11.0 Å². The zero-order valence-electron chi connectivity index (χ0n) is 13.1. The van der Waals surface area contributed by atoms with Crippen molar-refractivity contribution in [1.29, 1.82) is 0 Å². The van der Waals surface area contributed by atoms with Gasteiger partial charge in [0.15, 0.2) is 0 Å². The highest BCUT2D eigenvalue weighted by Gasteiger charge is 2.26. The number of para-hydroxylation sites is 1. The second-order valence-corrected chi connectivity index (χ2v) is 6.12. The van der Waals surface area contributed by atoms with Crippen LogP contribution < -0.4 is 0 Å². The molecule has 0 radical (unpaired) electrons. The number of hydrogen-bond donors (Lipinski definition) is 1. The highest BCUT2D eigenvalue weighted by atomic mass is 16.4. The molecule has 3 heterocycles. The van der Waals surface area contributed by atoms with Crippen molar-refractivity contribution in [3.05, 3.63) is 48.2 Å². The Labute approximate surface area is 138 Å². The number of nitrogens with zero attached hydrogens (tertiary/aromatic N) is 4. The molecular formula is C17H18N4O3. The first-order chi connectivity index (χ1) is 11.7. The van der Waals surface area contributed by atoms with Gasteiger partial charge in [-0.05, 0) is 25.5 Å². The van der Waals surface area contributed by atoms with Crippen molar-refractivity contribution in [3.63, 3.8) is 0 Å². The molecule has 1 fully saturated rings. The fraction of sp³-hybridized carbons (Fsp3) is 0.353. The largest absolute Gasteiger partial charge is 0.475 e. The second kappa shape index (κ2) is 6.09. The Balaban J connectivity index is 1.61. The maximum Gasteiger partial charge on any atom is 0.372 e. The van der Waals surface area contributed by atoms with Gasteiger partial charge in [0.1, 0.15) is 18.2 Å². The Kier molecular flexibility index (Phi) is 3.78. The Morgan fingerprint density at radius 1 is 1.38 bits per heavy atom. The van der Waals surface area contributed by atoms with Gasteiger partial charge in [-0.15, -0.1) is 0 Å². The van der Waals surface area contributed by atoms with Crippen LogP contribution in [-0.2, 0) is 6.54 Å². The Morgan fingerprint density at radius 3 is 3.04 bits per heavy atom. The Bertz CT molecular complexity index is 856. The van der Waals surface area contributed by atoms with Crippen molar-refractivity contribution < 1.29 is 14.3 Å². The summed E-state index contributed by atoms with van der Waals surface area (Å²) in [6.07, 6.45) is 5.38. The summed E-state index contributed by atoms with van der Waals surface area (Å²) in [5.41, 5.74) is 1.37. The lowest BCUT2D eigenvalue weighted by Crippen LogP contribution is -2.36. The lowest BCUT2D eigenvalue weighted by molar-refractivity contribution is 0.0660. The van der Waals surface area contributed by atoms with Crippen molar-refractivity contribution in [2.45, 2.75) is 25.4 Å². The van der Waals surface area contributed by atoms with Crippen molar-refractivity contribution in [2.75, 3.05) is 13.1 Å². The molecule has 7 heteroatoms. The lowest BCUT2D eigenvalue weighted by atomic mass is 10.0. The molecule has 0 amide bonds. The normalized spacial score (nSPS) is 18.9. The third-order valence-corrected chi connectivity index (χ3v) is 4.57. The van der Waals surface area contributed by atoms with Gasteiger partial charge in [-0.25, -0.2) is 14.5 Å². The first kappa shape index (κ1) is 14.9. The smallest absolute Gasteiger partial charge is 0.372 e. The molecule has 1 aliphatic rings. The van der Waals surface area contributed by atoms with Crippen LogP contribution in [0.15, 0.2) is 41.3 Å². The SMILES string of the molecule is O=C(O)c1oc2ccccc2c1CN1CCCC(n2cncn2)C1. The van der Waals surface area contributed by atoms with Crippen molar-refractivity contribution >= 4 is 16.9 Å². The summed E-state index contributed by atoms with van der Waals surface area (Å²) < 4.78 is 7.43. The van der Waals surface area contributed by atoms with E-state index in [1.807, 2.05) is 22.9 Å². The van der Waals surface area contributed by atoms with E-state index < -0.39 is 5.97 Å². The van der Waals surface area contributed by atoms with Gasteiger partial charge < -0.3 is 9.52 Å². The van der Waals surface area contributed by atoms with E-state index in [1.54, 1.807) is 18.7 Å². The molecular weight excluding hydrogens is 308 g/mol. The van der Waals surface area contributed by atoms with Crippen LogP contribution in [0.1, 0.15) is 35.0 Å². The summed E-state index contributed by atoms with van der Waals surface area (Å²) >= 11 is 0. The molecule has 1 aliphatic heterocycles. The zero-order valence-corrected chi connectivity index (χ0v) is 13.1. The molecule has 24 heavy (non-hydrogen) atoms. The van der Waals surface area contributed by atoms with Crippen LogP contribution in [0.2, 0.25) is 0 Å². The minimum atomic E-state index is -1.02. The summed E-state index contributed by atoms with van der Waals surface area (Å²) in [5, 5.41) is 14.6. The highest BCUT2D eigenvalue weighted by molar-refractivity contribution is 5.95. The number of benzene rings is 1. The Morgan fingerprint density at radius 2 is 2.25 bits per heavy atom. The van der Waals surface area contributed by atoms with Crippen molar-refractivity contribution in [3.8, 4) is 0 Å². The minimum Gasteiger partial charge on any atom is -0.475 e. The molecule has 0 bridgehead atoms. The van der Waals surface area contributed by atoms with Crippen LogP contribution in [0, 0.1) is 0 Å². The molecule has 2 aromatic heterocycles. The first-order valence-corrected chi connectivity index (χ1v) is 8.02. The van der Waals surface area contributed by atoms with Gasteiger partial charge >= 0.3 is 5.97 Å². The third-order valence-electron chi connectivity index (χ3n) is 4.57. The molecule has 3 aromatic rings. The number of fused-ring (bicyclic) bond motifs is 1. The molecule has 0 aliphatic carbocycles. The van der Waals surface area contributed by atoms with Crippen molar-refractivity contribution in [2.24, 2.45) is 0 Å². The molecule has 1 N–H and O–H groups in total. The molecule has 1 atom stereocenters. The standard InChI is InChI=1S/C17H18N4O3/c22-17(23)16-14(13-5-1-2-6-15(13)24-16)9-20-7-3-4-12(8-20)21-11-18-10-19-21/h1-2,5-6,10-12H,3-4,7-9H2,(H,22,23). The number of carboxylic acid groups (broad SMARTS) is 1. The number of piperidine rings is 1. The highest BCUT2D eigenvalue weighted by Crippen LogP contribution is 2.29. The van der Waals surface area contributed by atoms with Gasteiger partial charge in [-0.3, -0.25) is 4.90 Å². The van der Waals surface area contributed by atoms with Crippen LogP contribution in [0.4, 0.5) is 0 Å². The zero-order chi connectivity index (χ0) is 16.5. The average Bonchev–Trinajstić information content (AvgIpc) is 3.24. The minimum absolute atomic E-state index is 0.0408. The van der Waals surface area contributed by atoms with Gasteiger partial charge in [-0.1, -0.05) is 18.2 Å². The van der Waals surface area contributed by atoms with E-state index in [-0.39, 0.29) is 11.8 Å². The van der Waals surface area contributed by atoms with Crippen LogP contribution in [-0.4, -0.2) is 43.8 Å². The molecule has 7 nitrogen and oxygen atoms in total. The van der Waals surface area contributed by atoms with E-state index in [0.717, 1.165) is 36.9 Å². The monoisotopic (exact) mass is 326 g/mol. The predicted octanol–water partition coefficient (Wildman–Crippen LogP) is 2.56. The number of furan rings is 1. The first-order valence-electron chi connectivity index (χ1n) is 8.02. The summed E-state index contributed by atoms with van der Waals surface area (Å²) in [4.78, 5) is 17.8. The number of hydrogen-bond acceptors (Lipinski definition) is 5. The molecule has 0 saturated carbocycles. The summed E-state index contributed by atoms with van der Waals surface area (Å²) in [6.45, 7) is 2.32. The van der Waals surface area contributed by atoms with E-state index in [1.165, 1.54) is 0 Å². The molecule has 1 aromatic carbocycles. The van der Waals surface area contributed by atoms with Gasteiger partial charge in [0, 0.05) is 24.0 Å². The summed E-state index contributed by atoms with van der Waals surface area (Å²) in [7, 11) is 0. The number of likely N-dealkylation sites (tertiary alicyclic amines) is 1. The topological polar surface area (TPSA) is 84.4 Å². The summed E-state index contributed by atoms with van der Waals surface area (Å²) in [5.74, 6) is -0.981. The fourth-order valence-electron chi connectivity index (χ4n) is 3.45. The van der Waals surface area contributed by atoms with Gasteiger partial charge in [0.05, 0.1) is 6.04 Å². The summed E-state index contributed by atoms with van der Waals surface area (Å²) in [6, 6.07) is 7.75. The molecule has 1 unspecified atom stereocenters. The van der Waals surface area contributed by atoms with E-state index in [4.69, 9.17) is 4.42 Å². The van der Waals surface area contributed by atoms with Gasteiger partial charge in [0.2, 0.25) is 5.76 Å². The Hall–Kier alpha value is -2.67. The van der Waals surface area contributed by atoms with E-state index in [0.29, 0.717) is 12.1 Å². The maximum atomic E-state index is 11.5. The quantitative estimate of drug-likeness (QED) is 0.793. The van der Waals surface area contributed by atoms with Crippen LogP contribution in [0.3, 0.4) is 0 Å². The molecule has 1 saturated heterocycles. The van der Waals surface area contributed by atoms with E-state index >= 15 is 0 Å². The van der Waals surface area contributed by atoms with E-state index in [9.17, 15) is 9.90 Å². The number of carbonyl (C=O) groups is 1. The third kappa shape index (κ3) is 2.67. The lowest BCUT2D eigenvalue weighted by Gasteiger charge is -2.32. The number of aromatic carboxylic acids is 1. The van der Waals surface area contributed by atoms with E-state index in [2.05, 4.69) is 15.0 Å². The average molecular weight is 326 g/mol. The molecule has 0 spiro atoms. The van der Waals surface area contributed by atoms with Crippen LogP contribution in [0.5, 0.6) is 0 Å². The van der Waals surface area contributed by atoms with Gasteiger partial charge in [-0.2, -0.15) is 5.10 Å². The second-order valence-electron chi connectivity index (χ2n) is 6.12. The molecule has 4 rings (SSSR count). The van der Waals surface area contributed by atoms with Crippen molar-refractivity contribution in [1.82, 2.24) is 19.7 Å². The number of rotatable bonds is 4. The van der Waals surface area contributed by atoms with Crippen LogP contribution >= 0.6 is 0 Å². The number of carboxylic acids is 1. The predicted molar refractivity (Wildman–Crippen MR) is 86.7 cm³/mol. The van der Waals surface area contributed by atoms with Gasteiger partial charge in [0.25, 0.3) is 0 Å². The fourth-order valence-corrected chi connectivity index (χ4v) is 3.45. The number of aromatic nitrogens is 3. The maximum absolute atomic E-state index is 11.5. The molecule has 124 valence electrons.